The Bertz CT molecular complexity index is 812. The summed E-state index contributed by atoms with van der Waals surface area (Å²) in [6.45, 7) is 1.37. The highest BCUT2D eigenvalue weighted by atomic mass is 32.1. The van der Waals surface area contributed by atoms with E-state index in [0.717, 1.165) is 18.6 Å². The summed E-state index contributed by atoms with van der Waals surface area (Å²) in [5.41, 5.74) is -0.521. The maximum absolute atomic E-state index is 13.8. The SMILES string of the molecule is O=C(c1c(F)cccc1F)N1CCN(C(=O)[C@H]2C[C@H]2c2cccs2)CC1. The van der Waals surface area contributed by atoms with Crippen molar-refractivity contribution >= 4 is 23.2 Å². The second-order valence-electron chi connectivity index (χ2n) is 6.68. The summed E-state index contributed by atoms with van der Waals surface area (Å²) >= 11 is 1.67. The Labute approximate surface area is 154 Å². The molecule has 1 aromatic carbocycles. The van der Waals surface area contributed by atoms with Gasteiger partial charge in [-0.15, -0.1) is 11.3 Å². The molecule has 136 valence electrons. The van der Waals surface area contributed by atoms with Crippen LogP contribution >= 0.6 is 11.3 Å². The monoisotopic (exact) mass is 376 g/mol. The number of amides is 2. The first-order chi connectivity index (χ1) is 12.6. The standard InChI is InChI=1S/C19H18F2N2O2S/c20-14-3-1-4-15(21)17(14)19(25)23-8-6-22(7-9-23)18(24)13-11-12(13)16-5-2-10-26-16/h1-5,10,12-13H,6-9,11H2/t12-,13+/m1/s1. The van der Waals surface area contributed by atoms with Crippen LogP contribution in [0.2, 0.25) is 0 Å². The van der Waals surface area contributed by atoms with E-state index in [4.69, 9.17) is 0 Å². The number of carbonyl (C=O) groups is 2. The highest BCUT2D eigenvalue weighted by Crippen LogP contribution is 2.50. The number of carbonyl (C=O) groups excluding carboxylic acids is 2. The minimum absolute atomic E-state index is 0.0277. The Morgan fingerprint density at radius 1 is 0.962 bits per heavy atom. The Morgan fingerprint density at radius 3 is 2.23 bits per heavy atom. The van der Waals surface area contributed by atoms with Crippen LogP contribution in [-0.4, -0.2) is 47.8 Å². The van der Waals surface area contributed by atoms with E-state index < -0.39 is 23.1 Å². The van der Waals surface area contributed by atoms with Crippen LogP contribution in [0.5, 0.6) is 0 Å². The van der Waals surface area contributed by atoms with Crippen molar-refractivity contribution in [3.63, 3.8) is 0 Å². The lowest BCUT2D eigenvalue weighted by atomic mass is 10.1. The summed E-state index contributed by atoms with van der Waals surface area (Å²) in [6, 6.07) is 7.44. The second kappa shape index (κ2) is 6.79. The van der Waals surface area contributed by atoms with E-state index in [0.29, 0.717) is 19.0 Å². The molecule has 4 nitrogen and oxygen atoms in total. The van der Waals surface area contributed by atoms with Crippen molar-refractivity contribution < 1.29 is 18.4 Å². The van der Waals surface area contributed by atoms with Crippen molar-refractivity contribution in [2.24, 2.45) is 5.92 Å². The van der Waals surface area contributed by atoms with Crippen LogP contribution in [0.4, 0.5) is 8.78 Å². The fourth-order valence-electron chi connectivity index (χ4n) is 3.51. The number of thiophene rings is 1. The summed E-state index contributed by atoms with van der Waals surface area (Å²) in [7, 11) is 0. The Morgan fingerprint density at radius 2 is 1.62 bits per heavy atom. The highest BCUT2D eigenvalue weighted by molar-refractivity contribution is 7.10. The Kier molecular flexibility index (Phi) is 4.48. The van der Waals surface area contributed by atoms with Crippen LogP contribution < -0.4 is 0 Å². The molecule has 7 heteroatoms. The normalized spacial score (nSPS) is 22.4. The molecule has 0 radical (unpaired) electrons. The van der Waals surface area contributed by atoms with Gasteiger partial charge in [-0.2, -0.15) is 0 Å². The topological polar surface area (TPSA) is 40.6 Å². The number of hydrogen-bond acceptors (Lipinski definition) is 3. The van der Waals surface area contributed by atoms with Gasteiger partial charge in [0, 0.05) is 42.9 Å². The van der Waals surface area contributed by atoms with Gasteiger partial charge in [-0.05, 0) is 30.0 Å². The molecule has 1 aliphatic heterocycles. The number of benzene rings is 1. The maximum atomic E-state index is 13.8. The lowest BCUT2D eigenvalue weighted by Crippen LogP contribution is -2.51. The highest BCUT2D eigenvalue weighted by Gasteiger charge is 2.46. The molecule has 2 heterocycles. The van der Waals surface area contributed by atoms with Gasteiger partial charge < -0.3 is 9.80 Å². The first-order valence-corrected chi connectivity index (χ1v) is 9.49. The average Bonchev–Trinajstić information content (AvgIpc) is 3.25. The Balaban J connectivity index is 1.36. The van der Waals surface area contributed by atoms with Crippen molar-refractivity contribution in [2.75, 3.05) is 26.2 Å². The predicted octanol–water partition coefficient (Wildman–Crippen LogP) is 3.11. The lowest BCUT2D eigenvalue weighted by molar-refractivity contribution is -0.134. The number of nitrogens with zero attached hydrogens (tertiary/aromatic N) is 2. The summed E-state index contributed by atoms with van der Waals surface area (Å²) in [5, 5.41) is 2.02. The lowest BCUT2D eigenvalue weighted by Gasteiger charge is -2.35. The van der Waals surface area contributed by atoms with E-state index in [9.17, 15) is 18.4 Å². The van der Waals surface area contributed by atoms with Gasteiger partial charge in [-0.3, -0.25) is 9.59 Å². The summed E-state index contributed by atoms with van der Waals surface area (Å²) < 4.78 is 27.6. The van der Waals surface area contributed by atoms with E-state index >= 15 is 0 Å². The zero-order valence-corrected chi connectivity index (χ0v) is 14.8. The van der Waals surface area contributed by atoms with E-state index in [2.05, 4.69) is 6.07 Å². The summed E-state index contributed by atoms with van der Waals surface area (Å²) in [5.74, 6) is -1.91. The van der Waals surface area contributed by atoms with E-state index in [1.54, 1.807) is 16.2 Å². The third kappa shape index (κ3) is 3.11. The van der Waals surface area contributed by atoms with Gasteiger partial charge in [0.1, 0.15) is 17.2 Å². The smallest absolute Gasteiger partial charge is 0.259 e. The largest absolute Gasteiger partial charge is 0.339 e. The van der Waals surface area contributed by atoms with Crippen molar-refractivity contribution in [1.29, 1.82) is 0 Å². The zero-order chi connectivity index (χ0) is 18.3. The number of piperazine rings is 1. The molecule has 2 amide bonds. The molecule has 26 heavy (non-hydrogen) atoms. The van der Waals surface area contributed by atoms with Crippen molar-refractivity contribution in [1.82, 2.24) is 9.80 Å². The molecular weight excluding hydrogens is 358 g/mol. The molecule has 2 aliphatic rings. The van der Waals surface area contributed by atoms with Crippen LogP contribution in [0.15, 0.2) is 35.7 Å². The van der Waals surface area contributed by atoms with Crippen LogP contribution in [0.3, 0.4) is 0 Å². The van der Waals surface area contributed by atoms with E-state index in [1.807, 2.05) is 11.4 Å². The van der Waals surface area contributed by atoms with Crippen LogP contribution in [0, 0.1) is 17.6 Å². The summed E-state index contributed by atoms with van der Waals surface area (Å²) in [4.78, 5) is 29.5. The molecule has 0 spiro atoms. The van der Waals surface area contributed by atoms with Crippen molar-refractivity contribution in [3.05, 3.63) is 57.8 Å². The average molecular weight is 376 g/mol. The Hall–Kier alpha value is -2.28. The quantitative estimate of drug-likeness (QED) is 0.826. The first-order valence-electron chi connectivity index (χ1n) is 8.61. The third-order valence-corrected chi connectivity index (χ3v) is 6.08. The minimum Gasteiger partial charge on any atom is -0.339 e. The molecule has 1 saturated heterocycles. The minimum atomic E-state index is -0.856. The second-order valence-corrected chi connectivity index (χ2v) is 7.66. The number of halogens is 2. The predicted molar refractivity (Wildman–Crippen MR) is 94.0 cm³/mol. The van der Waals surface area contributed by atoms with Crippen LogP contribution in [-0.2, 0) is 4.79 Å². The molecule has 2 aromatic rings. The molecule has 1 aliphatic carbocycles. The van der Waals surface area contributed by atoms with Crippen LogP contribution in [0.1, 0.15) is 27.6 Å². The van der Waals surface area contributed by atoms with Gasteiger partial charge >= 0.3 is 0 Å². The van der Waals surface area contributed by atoms with Gasteiger partial charge in [-0.25, -0.2) is 8.78 Å². The molecule has 1 aromatic heterocycles. The van der Waals surface area contributed by atoms with Crippen molar-refractivity contribution in [3.8, 4) is 0 Å². The van der Waals surface area contributed by atoms with Gasteiger partial charge in [0.15, 0.2) is 0 Å². The van der Waals surface area contributed by atoms with E-state index in [-0.39, 0.29) is 24.9 Å². The molecule has 2 fully saturated rings. The molecule has 4 rings (SSSR count). The molecule has 2 atom stereocenters. The molecular formula is C19H18F2N2O2S. The first kappa shape index (κ1) is 17.1. The van der Waals surface area contributed by atoms with Crippen LogP contribution in [0.25, 0.3) is 0 Å². The zero-order valence-electron chi connectivity index (χ0n) is 14.0. The molecule has 0 unspecified atom stereocenters. The van der Waals surface area contributed by atoms with Gasteiger partial charge in [0.05, 0.1) is 0 Å². The number of hydrogen-bond donors (Lipinski definition) is 0. The fraction of sp³-hybridized carbons (Fsp3) is 0.368. The molecule has 0 N–H and O–H groups in total. The number of rotatable bonds is 3. The van der Waals surface area contributed by atoms with E-state index in [1.165, 1.54) is 15.8 Å². The van der Waals surface area contributed by atoms with Crippen molar-refractivity contribution in [2.45, 2.75) is 12.3 Å². The summed E-state index contributed by atoms with van der Waals surface area (Å²) in [6.07, 6.45) is 0.874. The van der Waals surface area contributed by atoms with Gasteiger partial charge in [0.25, 0.3) is 5.91 Å². The van der Waals surface area contributed by atoms with Gasteiger partial charge in [-0.1, -0.05) is 12.1 Å². The molecule has 1 saturated carbocycles. The fourth-order valence-corrected chi connectivity index (χ4v) is 4.42. The maximum Gasteiger partial charge on any atom is 0.259 e. The molecule has 0 bridgehead atoms. The van der Waals surface area contributed by atoms with Gasteiger partial charge in [0.2, 0.25) is 5.91 Å². The third-order valence-electron chi connectivity index (χ3n) is 5.07.